The van der Waals surface area contributed by atoms with Gasteiger partial charge in [-0.1, -0.05) is 0 Å². The Hall–Kier alpha value is -3.39. The molecule has 250 valence electrons. The highest BCUT2D eigenvalue weighted by Crippen LogP contribution is 2.49. The maximum absolute atomic E-state index is 14.0. The van der Waals surface area contributed by atoms with Crippen molar-refractivity contribution < 1.29 is 50.2 Å². The van der Waals surface area contributed by atoms with Gasteiger partial charge in [-0.05, 0) is 86.4 Å². The van der Waals surface area contributed by atoms with Gasteiger partial charge in [0.2, 0.25) is 0 Å². The number of carbonyl (C=O) groups excluding carboxylic acids is 1. The Balaban J connectivity index is 1.14. The molecule has 0 spiro atoms. The maximum atomic E-state index is 14.0. The molecule has 14 heteroatoms. The van der Waals surface area contributed by atoms with Gasteiger partial charge in [0.05, 0.1) is 23.3 Å². The molecule has 2 aromatic carbocycles. The Kier molecular flexibility index (Phi) is 8.27. The largest absolute Gasteiger partial charge is 0.478 e. The van der Waals surface area contributed by atoms with Crippen LogP contribution in [0.25, 0.3) is 0 Å². The number of alkyl halides is 6. The lowest BCUT2D eigenvalue weighted by Crippen LogP contribution is -2.61. The minimum Gasteiger partial charge on any atom is -0.478 e. The lowest BCUT2D eigenvalue weighted by Gasteiger charge is -2.49. The molecule has 2 saturated heterocycles. The van der Waals surface area contributed by atoms with Crippen molar-refractivity contribution in [1.82, 2.24) is 9.80 Å². The third-order valence-electron chi connectivity index (χ3n) is 9.92. The average molecular weight is 658 g/mol. The van der Waals surface area contributed by atoms with E-state index in [1.165, 1.54) is 11.0 Å². The van der Waals surface area contributed by atoms with Crippen LogP contribution in [0.2, 0.25) is 0 Å². The summed E-state index contributed by atoms with van der Waals surface area (Å²) in [6.07, 6.45) is -7.63. The Labute approximate surface area is 260 Å². The SMILES string of the molecule is CC1CN(C2CC[C@@](C(=O)N3CCc4c(cc(C(F)(F)F)cc4C(F)(F)F)C3)(C3CC3)OC2)CCN1c1ccc(F)c(C(=O)O)c1. The number of carboxylic acids is 1. The Morgan fingerprint density at radius 1 is 0.978 bits per heavy atom. The Morgan fingerprint density at radius 3 is 2.30 bits per heavy atom. The lowest BCUT2D eigenvalue weighted by atomic mass is 9.84. The summed E-state index contributed by atoms with van der Waals surface area (Å²) in [6.45, 7) is 3.62. The average Bonchev–Trinajstić information content (AvgIpc) is 3.85. The number of halogens is 7. The van der Waals surface area contributed by atoms with E-state index in [0.29, 0.717) is 38.2 Å². The molecule has 1 saturated carbocycles. The number of anilines is 1. The molecular weight excluding hydrogens is 623 g/mol. The monoisotopic (exact) mass is 657 g/mol. The molecule has 2 aromatic rings. The van der Waals surface area contributed by atoms with Crippen LogP contribution in [0.4, 0.5) is 36.4 Å². The van der Waals surface area contributed by atoms with E-state index in [2.05, 4.69) is 4.90 Å². The van der Waals surface area contributed by atoms with Gasteiger partial charge in [-0.2, -0.15) is 26.3 Å². The summed E-state index contributed by atoms with van der Waals surface area (Å²) in [6, 6.07) is 4.86. The summed E-state index contributed by atoms with van der Waals surface area (Å²) in [5.41, 5.74) is -4.01. The van der Waals surface area contributed by atoms with Crippen LogP contribution in [0.15, 0.2) is 30.3 Å². The number of rotatable bonds is 5. The number of piperazine rings is 1. The van der Waals surface area contributed by atoms with E-state index < -0.39 is 46.4 Å². The first-order valence-corrected chi connectivity index (χ1v) is 15.4. The first kappa shape index (κ1) is 32.5. The zero-order chi connectivity index (χ0) is 33.2. The van der Waals surface area contributed by atoms with Gasteiger partial charge in [0.25, 0.3) is 5.91 Å². The molecular formula is C32H34F7N3O4. The number of aromatic carboxylic acids is 1. The number of hydrogen-bond donors (Lipinski definition) is 1. The molecule has 7 nitrogen and oxygen atoms in total. The third-order valence-corrected chi connectivity index (χ3v) is 9.92. The number of fused-ring (bicyclic) bond motifs is 1. The van der Waals surface area contributed by atoms with Gasteiger partial charge in [0.1, 0.15) is 11.4 Å². The minimum absolute atomic E-state index is 0.0159. The maximum Gasteiger partial charge on any atom is 0.416 e. The molecule has 3 fully saturated rings. The van der Waals surface area contributed by atoms with E-state index >= 15 is 0 Å². The van der Waals surface area contributed by atoms with Crippen LogP contribution >= 0.6 is 0 Å². The molecule has 0 radical (unpaired) electrons. The number of hydrogen-bond acceptors (Lipinski definition) is 5. The fourth-order valence-corrected chi connectivity index (χ4v) is 7.40. The van der Waals surface area contributed by atoms with E-state index in [-0.39, 0.29) is 67.2 Å². The van der Waals surface area contributed by atoms with E-state index in [1.807, 2.05) is 11.8 Å². The standard InChI is InChI=1S/C32H34F7N3O4/c1-18-15-40(10-11-42(18)22-4-5-27(33)25(14-22)28(43)44)23-6-8-30(46-17-23,20-2-3-20)29(45)41-9-7-24-19(16-41)12-21(31(34,35)36)13-26(24)32(37,38)39/h4-5,12-14,18,20,23H,2-3,6-11,15-17H2,1H3,(H,43,44)/t18?,23?,30-/m0/s1. The number of benzene rings is 2. The summed E-state index contributed by atoms with van der Waals surface area (Å²) >= 11 is 0. The molecule has 4 aliphatic rings. The number of carboxylic acid groups (broad SMARTS) is 1. The van der Waals surface area contributed by atoms with E-state index in [1.54, 1.807) is 6.07 Å². The summed E-state index contributed by atoms with van der Waals surface area (Å²) < 4.78 is 102. The topological polar surface area (TPSA) is 73.3 Å². The first-order valence-electron chi connectivity index (χ1n) is 15.4. The second-order valence-corrected chi connectivity index (χ2v) is 12.8. The van der Waals surface area contributed by atoms with Crippen LogP contribution in [-0.4, -0.2) is 77.3 Å². The van der Waals surface area contributed by atoms with E-state index in [0.717, 1.165) is 25.0 Å². The number of nitrogens with zero attached hydrogens (tertiary/aromatic N) is 3. The fourth-order valence-electron chi connectivity index (χ4n) is 7.40. The van der Waals surface area contributed by atoms with Crippen molar-refractivity contribution in [2.75, 3.05) is 37.7 Å². The van der Waals surface area contributed by atoms with Crippen molar-refractivity contribution in [2.24, 2.45) is 5.92 Å². The lowest BCUT2D eigenvalue weighted by molar-refractivity contribution is -0.176. The Morgan fingerprint density at radius 2 is 1.72 bits per heavy atom. The summed E-state index contributed by atoms with van der Waals surface area (Å²) in [4.78, 5) is 31.1. The van der Waals surface area contributed by atoms with Gasteiger partial charge in [0, 0.05) is 50.5 Å². The van der Waals surface area contributed by atoms with Gasteiger partial charge < -0.3 is 19.6 Å². The Bertz CT molecular complexity index is 1520. The quantitative estimate of drug-likeness (QED) is 0.399. The predicted molar refractivity (Wildman–Crippen MR) is 152 cm³/mol. The highest BCUT2D eigenvalue weighted by molar-refractivity contribution is 5.89. The van der Waals surface area contributed by atoms with Crippen molar-refractivity contribution in [1.29, 1.82) is 0 Å². The molecule has 1 N–H and O–H groups in total. The third kappa shape index (κ3) is 6.05. The normalized spacial score (nSPS) is 26.2. The summed E-state index contributed by atoms with van der Waals surface area (Å²) in [5.74, 6) is -2.59. The second-order valence-electron chi connectivity index (χ2n) is 12.8. The van der Waals surface area contributed by atoms with Gasteiger partial charge in [0.15, 0.2) is 0 Å². The van der Waals surface area contributed by atoms with Gasteiger partial charge >= 0.3 is 18.3 Å². The molecule has 3 heterocycles. The first-order chi connectivity index (χ1) is 21.6. The van der Waals surface area contributed by atoms with Crippen LogP contribution in [0.3, 0.4) is 0 Å². The van der Waals surface area contributed by atoms with Crippen molar-refractivity contribution >= 4 is 17.6 Å². The summed E-state index contributed by atoms with van der Waals surface area (Å²) in [5, 5.41) is 9.31. The fraction of sp³-hybridized carbons (Fsp3) is 0.562. The molecule has 2 unspecified atom stereocenters. The number of carbonyl (C=O) groups is 2. The molecule has 0 bridgehead atoms. The molecule has 6 rings (SSSR count). The molecule has 3 aliphatic heterocycles. The van der Waals surface area contributed by atoms with Gasteiger partial charge in [-0.15, -0.1) is 0 Å². The van der Waals surface area contributed by atoms with Crippen LogP contribution in [-0.2, 0) is 34.8 Å². The molecule has 0 aromatic heterocycles. The second kappa shape index (κ2) is 11.7. The minimum atomic E-state index is -4.97. The molecule has 1 aliphatic carbocycles. The van der Waals surface area contributed by atoms with E-state index in [9.17, 15) is 45.4 Å². The smallest absolute Gasteiger partial charge is 0.416 e. The zero-order valence-electron chi connectivity index (χ0n) is 25.1. The van der Waals surface area contributed by atoms with Gasteiger partial charge in [-0.25, -0.2) is 9.18 Å². The molecule has 1 amide bonds. The van der Waals surface area contributed by atoms with Crippen LogP contribution in [0, 0.1) is 11.7 Å². The number of ether oxygens (including phenoxy) is 1. The predicted octanol–water partition coefficient (Wildman–Crippen LogP) is 5.98. The number of amides is 1. The highest BCUT2D eigenvalue weighted by Gasteiger charge is 2.56. The van der Waals surface area contributed by atoms with Crippen LogP contribution < -0.4 is 4.90 Å². The van der Waals surface area contributed by atoms with Gasteiger partial charge in [-0.3, -0.25) is 9.69 Å². The van der Waals surface area contributed by atoms with Crippen molar-refractivity contribution in [3.05, 3.63) is 64.0 Å². The highest BCUT2D eigenvalue weighted by atomic mass is 19.4. The van der Waals surface area contributed by atoms with Crippen molar-refractivity contribution in [3.8, 4) is 0 Å². The summed E-state index contributed by atoms with van der Waals surface area (Å²) in [7, 11) is 0. The van der Waals surface area contributed by atoms with Crippen LogP contribution in [0.5, 0.6) is 0 Å². The van der Waals surface area contributed by atoms with Crippen molar-refractivity contribution in [3.63, 3.8) is 0 Å². The van der Waals surface area contributed by atoms with E-state index in [4.69, 9.17) is 4.74 Å². The van der Waals surface area contributed by atoms with Crippen LogP contribution in [0.1, 0.15) is 65.2 Å². The van der Waals surface area contributed by atoms with Crippen molar-refractivity contribution in [2.45, 2.75) is 75.6 Å². The zero-order valence-corrected chi connectivity index (χ0v) is 25.1. The molecule has 46 heavy (non-hydrogen) atoms. The molecule has 3 atom stereocenters.